The fraction of sp³-hybridized carbons (Fsp3) is 0.0800. The summed E-state index contributed by atoms with van der Waals surface area (Å²) >= 11 is 0. The lowest BCUT2D eigenvalue weighted by atomic mass is 10.0. The van der Waals surface area contributed by atoms with Gasteiger partial charge in [0, 0.05) is 46.6 Å². The summed E-state index contributed by atoms with van der Waals surface area (Å²) in [6, 6.07) is 14.6. The fourth-order valence-corrected chi connectivity index (χ4v) is 4.99. The average molecular weight is 507 g/mol. The summed E-state index contributed by atoms with van der Waals surface area (Å²) in [6.45, 7) is 1.77. The third kappa shape index (κ3) is 4.09. The monoisotopic (exact) mass is 506 g/mol. The third-order valence-corrected chi connectivity index (χ3v) is 7.01. The molecule has 1 N–H and O–H groups in total. The summed E-state index contributed by atoms with van der Waals surface area (Å²) < 4.78 is 54.7. The first-order valence-corrected chi connectivity index (χ1v) is 12.2. The number of ether oxygens (including phenoxy) is 1. The van der Waals surface area contributed by atoms with Crippen molar-refractivity contribution in [1.29, 1.82) is 0 Å². The van der Waals surface area contributed by atoms with Gasteiger partial charge in [0.1, 0.15) is 17.8 Å². The molecule has 11 heteroatoms. The maximum absolute atomic E-state index is 15.4. The average Bonchev–Trinajstić information content (AvgIpc) is 3.36. The van der Waals surface area contributed by atoms with Crippen LogP contribution in [-0.4, -0.2) is 30.2 Å². The van der Waals surface area contributed by atoms with Gasteiger partial charge in [0.2, 0.25) is 0 Å². The number of sulfonamides is 1. The van der Waals surface area contributed by atoms with Crippen LogP contribution in [0.2, 0.25) is 0 Å². The Labute approximate surface area is 204 Å². The van der Waals surface area contributed by atoms with Crippen molar-refractivity contribution in [3.05, 3.63) is 95.0 Å². The third-order valence-electron chi connectivity index (χ3n) is 5.66. The lowest BCUT2D eigenvalue weighted by molar-refractivity contribution is 0.412. The molecule has 5 aromatic rings. The van der Waals surface area contributed by atoms with E-state index in [-0.39, 0.29) is 27.7 Å². The van der Waals surface area contributed by atoms with Crippen molar-refractivity contribution in [3.8, 4) is 22.6 Å². The van der Waals surface area contributed by atoms with Crippen molar-refractivity contribution in [1.82, 2.24) is 14.7 Å². The minimum absolute atomic E-state index is 0.0317. The smallest absolute Gasteiger partial charge is 0.263 e. The zero-order valence-corrected chi connectivity index (χ0v) is 19.9. The number of benzene rings is 2. The largest absolute Gasteiger partial charge is 0.495 e. The van der Waals surface area contributed by atoms with Crippen LogP contribution in [0.15, 0.2) is 87.3 Å². The molecule has 0 amide bonds. The van der Waals surface area contributed by atoms with Gasteiger partial charge < -0.3 is 9.26 Å². The van der Waals surface area contributed by atoms with E-state index in [0.717, 1.165) is 0 Å². The summed E-state index contributed by atoms with van der Waals surface area (Å²) in [5.74, 6) is -0.278. The highest BCUT2D eigenvalue weighted by Crippen LogP contribution is 2.34. The van der Waals surface area contributed by atoms with Gasteiger partial charge >= 0.3 is 0 Å². The highest BCUT2D eigenvalue weighted by molar-refractivity contribution is 7.92. The number of anilines is 1. The van der Waals surface area contributed by atoms with Gasteiger partial charge in [-0.3, -0.25) is 19.1 Å². The Hall–Kier alpha value is -4.51. The van der Waals surface area contributed by atoms with Gasteiger partial charge in [0.25, 0.3) is 15.6 Å². The highest BCUT2D eigenvalue weighted by Gasteiger charge is 2.20. The minimum atomic E-state index is -3.97. The Bertz CT molecular complexity index is 1770. The Kier molecular flexibility index (Phi) is 5.77. The van der Waals surface area contributed by atoms with E-state index in [9.17, 15) is 13.2 Å². The van der Waals surface area contributed by atoms with Gasteiger partial charge in [-0.25, -0.2) is 12.8 Å². The molecule has 0 bridgehead atoms. The second-order valence-corrected chi connectivity index (χ2v) is 9.54. The predicted molar refractivity (Wildman–Crippen MR) is 131 cm³/mol. The molecular weight excluding hydrogens is 487 g/mol. The molecule has 182 valence electrons. The van der Waals surface area contributed by atoms with E-state index in [2.05, 4.69) is 19.4 Å². The normalized spacial score (nSPS) is 11.5. The number of fused-ring (bicyclic) bond motifs is 1. The Balaban J connectivity index is 1.66. The molecule has 0 fully saturated rings. The van der Waals surface area contributed by atoms with Crippen molar-refractivity contribution in [2.45, 2.75) is 11.8 Å². The number of aromatic nitrogens is 3. The van der Waals surface area contributed by atoms with E-state index >= 15 is 4.39 Å². The highest BCUT2D eigenvalue weighted by atomic mass is 32.2. The van der Waals surface area contributed by atoms with Crippen molar-refractivity contribution < 1.29 is 22.1 Å². The van der Waals surface area contributed by atoms with Crippen LogP contribution in [-0.2, 0) is 10.0 Å². The van der Waals surface area contributed by atoms with E-state index in [0.29, 0.717) is 22.2 Å². The van der Waals surface area contributed by atoms with Gasteiger partial charge in [0.15, 0.2) is 5.82 Å². The molecule has 2 aromatic carbocycles. The lowest BCUT2D eigenvalue weighted by Gasteiger charge is -2.17. The number of pyridine rings is 2. The molecule has 5 rings (SSSR count). The first-order chi connectivity index (χ1) is 17.3. The molecule has 36 heavy (non-hydrogen) atoms. The van der Waals surface area contributed by atoms with E-state index in [1.165, 1.54) is 66.5 Å². The second-order valence-electron chi connectivity index (χ2n) is 7.86. The maximum atomic E-state index is 15.4. The SMILES string of the molecule is COc1cc(-c2cccnc2C)c(F)cc1-n1c(=O)ccc2cc(S(=O)(=O)Nc3ccon3)ccc21. The van der Waals surface area contributed by atoms with Crippen molar-refractivity contribution in [2.75, 3.05) is 11.8 Å². The van der Waals surface area contributed by atoms with Crippen LogP contribution in [0.5, 0.6) is 5.75 Å². The number of halogens is 1. The van der Waals surface area contributed by atoms with Gasteiger partial charge in [-0.05, 0) is 43.3 Å². The minimum Gasteiger partial charge on any atom is -0.495 e. The van der Waals surface area contributed by atoms with Crippen LogP contribution in [0.3, 0.4) is 0 Å². The van der Waals surface area contributed by atoms with Gasteiger partial charge in [-0.1, -0.05) is 11.2 Å². The summed E-state index contributed by atoms with van der Waals surface area (Å²) in [6.07, 6.45) is 2.86. The van der Waals surface area contributed by atoms with Crippen LogP contribution in [0, 0.1) is 12.7 Å². The number of nitrogens with zero attached hydrogens (tertiary/aromatic N) is 3. The lowest BCUT2D eigenvalue weighted by Crippen LogP contribution is -2.19. The number of methoxy groups -OCH3 is 1. The Morgan fingerprint density at radius 3 is 2.61 bits per heavy atom. The molecule has 3 heterocycles. The Morgan fingerprint density at radius 1 is 1.06 bits per heavy atom. The van der Waals surface area contributed by atoms with Crippen LogP contribution in [0.25, 0.3) is 27.7 Å². The molecule has 0 aliphatic carbocycles. The van der Waals surface area contributed by atoms with Crippen LogP contribution >= 0.6 is 0 Å². The van der Waals surface area contributed by atoms with Crippen molar-refractivity contribution in [2.24, 2.45) is 0 Å². The zero-order chi connectivity index (χ0) is 25.4. The molecule has 0 aliphatic rings. The molecule has 0 saturated heterocycles. The van der Waals surface area contributed by atoms with Crippen molar-refractivity contribution in [3.63, 3.8) is 0 Å². The summed E-state index contributed by atoms with van der Waals surface area (Å²) in [5, 5.41) is 3.99. The number of aryl methyl sites for hydroxylation is 1. The number of rotatable bonds is 6. The standard InChI is InChI=1S/C25H19FN4O5S/c1-15-18(4-3-10-27-15)19-13-23(34-2)22(14-20(19)26)30-21-7-6-17(12-16(21)5-8-25(30)31)36(32,33)29-24-9-11-35-28-24/h3-14H,1-2H3,(H,28,29). The van der Waals surface area contributed by atoms with Crippen LogP contribution in [0.1, 0.15) is 5.69 Å². The molecule has 0 atom stereocenters. The van der Waals surface area contributed by atoms with E-state index in [1.54, 1.807) is 25.3 Å². The van der Waals surface area contributed by atoms with E-state index in [1.807, 2.05) is 0 Å². The zero-order valence-electron chi connectivity index (χ0n) is 19.1. The quantitative estimate of drug-likeness (QED) is 0.365. The predicted octanol–water partition coefficient (Wildman–Crippen LogP) is 4.30. The first-order valence-electron chi connectivity index (χ1n) is 10.7. The van der Waals surface area contributed by atoms with E-state index < -0.39 is 21.4 Å². The Morgan fingerprint density at radius 2 is 1.89 bits per heavy atom. The number of hydrogen-bond donors (Lipinski definition) is 1. The van der Waals surface area contributed by atoms with Crippen LogP contribution in [0.4, 0.5) is 10.2 Å². The summed E-state index contributed by atoms with van der Waals surface area (Å²) in [5.41, 5.74) is 1.61. The fourth-order valence-electron chi connectivity index (χ4n) is 3.96. The van der Waals surface area contributed by atoms with Crippen LogP contribution < -0.4 is 15.0 Å². The molecule has 3 aromatic heterocycles. The topological polar surface area (TPSA) is 116 Å². The molecule has 0 spiro atoms. The van der Waals surface area contributed by atoms with Gasteiger partial charge in [-0.15, -0.1) is 0 Å². The maximum Gasteiger partial charge on any atom is 0.263 e. The molecular formula is C25H19FN4O5S. The molecule has 0 aliphatic heterocycles. The molecule has 0 unspecified atom stereocenters. The van der Waals surface area contributed by atoms with E-state index in [4.69, 9.17) is 4.74 Å². The van der Waals surface area contributed by atoms with Gasteiger partial charge in [0.05, 0.1) is 23.2 Å². The number of nitrogens with one attached hydrogen (secondary N) is 1. The molecule has 0 saturated carbocycles. The second kappa shape index (κ2) is 8.93. The summed E-state index contributed by atoms with van der Waals surface area (Å²) in [4.78, 5) is 17.1. The number of hydrogen-bond acceptors (Lipinski definition) is 7. The van der Waals surface area contributed by atoms with Crippen molar-refractivity contribution >= 4 is 26.7 Å². The molecule has 0 radical (unpaired) electrons. The first kappa shape index (κ1) is 23.2. The van der Waals surface area contributed by atoms with Gasteiger partial charge in [-0.2, -0.15) is 0 Å². The summed E-state index contributed by atoms with van der Waals surface area (Å²) in [7, 11) is -2.55. The molecule has 9 nitrogen and oxygen atoms in total.